The third-order valence-electron chi connectivity index (χ3n) is 3.47. The van der Waals surface area contributed by atoms with Crippen LogP contribution >= 0.6 is 0 Å². The molecule has 2 aromatic rings. The quantitative estimate of drug-likeness (QED) is 0.757. The summed E-state index contributed by atoms with van der Waals surface area (Å²) in [6, 6.07) is 5.29. The maximum Gasteiger partial charge on any atom is 0.329 e. The molecule has 90 valence electrons. The normalized spacial score (nSPS) is 20.2. The molecule has 17 heavy (non-hydrogen) atoms. The average Bonchev–Trinajstić information content (AvgIpc) is 2.90. The van der Waals surface area contributed by atoms with Crippen LogP contribution in [-0.4, -0.2) is 27.3 Å². The second kappa shape index (κ2) is 3.63. The standard InChI is InChI=1S/C12H15N3O2/c1-14-11-6-9(16)2-3-10(11)15(12(14)17)8-4-5-13-7-8/h2-3,6,8,13,16H,4-5,7H2,1H3. The second-order valence-electron chi connectivity index (χ2n) is 4.53. The Morgan fingerprint density at radius 2 is 2.24 bits per heavy atom. The van der Waals surface area contributed by atoms with Crippen molar-refractivity contribution in [3.63, 3.8) is 0 Å². The monoisotopic (exact) mass is 233 g/mol. The fourth-order valence-electron chi connectivity index (χ4n) is 2.56. The van der Waals surface area contributed by atoms with Crippen molar-refractivity contribution in [3.8, 4) is 5.75 Å². The Bertz CT molecular complexity index is 620. The second-order valence-corrected chi connectivity index (χ2v) is 4.53. The van der Waals surface area contributed by atoms with Gasteiger partial charge >= 0.3 is 5.69 Å². The fourth-order valence-corrected chi connectivity index (χ4v) is 2.56. The van der Waals surface area contributed by atoms with Crippen LogP contribution in [0.25, 0.3) is 11.0 Å². The Labute approximate surface area is 98.3 Å². The Morgan fingerprint density at radius 1 is 1.41 bits per heavy atom. The van der Waals surface area contributed by atoms with Gasteiger partial charge in [0.15, 0.2) is 0 Å². The van der Waals surface area contributed by atoms with E-state index < -0.39 is 0 Å². The summed E-state index contributed by atoms with van der Waals surface area (Å²) >= 11 is 0. The number of hydrogen-bond acceptors (Lipinski definition) is 3. The van der Waals surface area contributed by atoms with E-state index in [0.717, 1.165) is 30.5 Å². The molecule has 1 atom stereocenters. The summed E-state index contributed by atoms with van der Waals surface area (Å²) < 4.78 is 3.42. The van der Waals surface area contributed by atoms with Crippen LogP contribution in [0.1, 0.15) is 12.5 Å². The zero-order valence-electron chi connectivity index (χ0n) is 9.68. The van der Waals surface area contributed by atoms with Crippen molar-refractivity contribution in [3.05, 3.63) is 28.7 Å². The molecule has 5 nitrogen and oxygen atoms in total. The third-order valence-corrected chi connectivity index (χ3v) is 3.47. The highest BCUT2D eigenvalue weighted by atomic mass is 16.3. The molecule has 1 saturated heterocycles. The minimum Gasteiger partial charge on any atom is -0.508 e. The molecular formula is C12H15N3O2. The molecule has 0 aliphatic carbocycles. The van der Waals surface area contributed by atoms with Crippen LogP contribution in [0.3, 0.4) is 0 Å². The summed E-state index contributed by atoms with van der Waals surface area (Å²) in [5.74, 6) is 0.190. The molecule has 1 aromatic heterocycles. The molecule has 1 aliphatic heterocycles. The first-order chi connectivity index (χ1) is 8.18. The summed E-state index contributed by atoms with van der Waals surface area (Å²) in [4.78, 5) is 12.2. The number of fused-ring (bicyclic) bond motifs is 1. The molecule has 0 saturated carbocycles. The lowest BCUT2D eigenvalue weighted by Crippen LogP contribution is -2.27. The van der Waals surface area contributed by atoms with E-state index in [4.69, 9.17) is 0 Å². The molecule has 5 heteroatoms. The minimum atomic E-state index is -0.0145. The lowest BCUT2D eigenvalue weighted by Gasteiger charge is -2.10. The van der Waals surface area contributed by atoms with Crippen molar-refractivity contribution in [1.29, 1.82) is 0 Å². The molecular weight excluding hydrogens is 218 g/mol. The van der Waals surface area contributed by atoms with Crippen LogP contribution in [-0.2, 0) is 7.05 Å². The number of nitrogens with zero attached hydrogens (tertiary/aromatic N) is 2. The van der Waals surface area contributed by atoms with Gasteiger partial charge in [-0.3, -0.25) is 9.13 Å². The van der Waals surface area contributed by atoms with Gasteiger partial charge in [-0.15, -0.1) is 0 Å². The third kappa shape index (κ3) is 1.46. The van der Waals surface area contributed by atoms with Gasteiger partial charge in [0.05, 0.1) is 17.1 Å². The Balaban J connectivity index is 2.30. The summed E-state index contributed by atoms with van der Waals surface area (Å²) in [7, 11) is 1.74. The van der Waals surface area contributed by atoms with Gasteiger partial charge in [-0.1, -0.05) is 0 Å². The van der Waals surface area contributed by atoms with E-state index in [1.54, 1.807) is 23.7 Å². The first-order valence-corrected chi connectivity index (χ1v) is 5.79. The topological polar surface area (TPSA) is 59.2 Å². The van der Waals surface area contributed by atoms with Crippen molar-refractivity contribution >= 4 is 11.0 Å². The number of nitrogens with one attached hydrogen (secondary N) is 1. The van der Waals surface area contributed by atoms with Gasteiger partial charge in [0.1, 0.15) is 5.75 Å². The molecule has 1 aromatic carbocycles. The van der Waals surface area contributed by atoms with Crippen LogP contribution in [0.5, 0.6) is 5.75 Å². The number of benzene rings is 1. The lowest BCUT2D eigenvalue weighted by molar-refractivity contribution is 0.476. The van der Waals surface area contributed by atoms with Gasteiger partial charge in [-0.25, -0.2) is 4.79 Å². The van der Waals surface area contributed by atoms with E-state index in [0.29, 0.717) is 0 Å². The van der Waals surface area contributed by atoms with Crippen LogP contribution in [0.15, 0.2) is 23.0 Å². The lowest BCUT2D eigenvalue weighted by atomic mass is 10.2. The van der Waals surface area contributed by atoms with E-state index >= 15 is 0 Å². The molecule has 1 fully saturated rings. The average molecular weight is 233 g/mol. The predicted molar refractivity (Wildman–Crippen MR) is 65.4 cm³/mol. The molecule has 0 spiro atoms. The van der Waals surface area contributed by atoms with Crippen molar-refractivity contribution in [1.82, 2.24) is 14.5 Å². The number of imidazole rings is 1. The van der Waals surface area contributed by atoms with Gasteiger partial charge in [0, 0.05) is 19.7 Å². The van der Waals surface area contributed by atoms with E-state index in [1.807, 2.05) is 10.6 Å². The first kappa shape index (κ1) is 10.4. The Kier molecular flexibility index (Phi) is 2.22. The van der Waals surface area contributed by atoms with Crippen molar-refractivity contribution in [2.24, 2.45) is 7.05 Å². The summed E-state index contributed by atoms with van der Waals surface area (Å²) in [5, 5.41) is 12.7. The van der Waals surface area contributed by atoms with Crippen molar-refractivity contribution in [2.45, 2.75) is 12.5 Å². The van der Waals surface area contributed by atoms with Crippen LogP contribution in [0.2, 0.25) is 0 Å². The molecule has 2 heterocycles. The maximum absolute atomic E-state index is 12.2. The molecule has 1 unspecified atom stereocenters. The van der Waals surface area contributed by atoms with E-state index in [1.165, 1.54) is 0 Å². The van der Waals surface area contributed by atoms with Gasteiger partial charge in [0.25, 0.3) is 0 Å². The zero-order chi connectivity index (χ0) is 12.0. The molecule has 0 radical (unpaired) electrons. The predicted octanol–water partition coefficient (Wildman–Crippen LogP) is 0.580. The molecule has 3 rings (SSSR count). The van der Waals surface area contributed by atoms with Crippen molar-refractivity contribution in [2.75, 3.05) is 13.1 Å². The number of hydrogen-bond donors (Lipinski definition) is 2. The van der Waals surface area contributed by atoms with Gasteiger partial charge in [0.2, 0.25) is 0 Å². The number of phenols is 1. The van der Waals surface area contributed by atoms with Crippen LogP contribution in [0, 0.1) is 0 Å². The van der Waals surface area contributed by atoms with Gasteiger partial charge in [-0.05, 0) is 25.1 Å². The van der Waals surface area contributed by atoms with Crippen LogP contribution in [0.4, 0.5) is 0 Å². The maximum atomic E-state index is 12.2. The van der Waals surface area contributed by atoms with Crippen molar-refractivity contribution < 1.29 is 5.11 Å². The number of aromatic hydroxyl groups is 1. The molecule has 2 N–H and O–H groups in total. The first-order valence-electron chi connectivity index (χ1n) is 5.79. The SMILES string of the molecule is Cn1c(=O)n(C2CCNC2)c2ccc(O)cc21. The largest absolute Gasteiger partial charge is 0.508 e. The van der Waals surface area contributed by atoms with Gasteiger partial charge in [-0.2, -0.15) is 0 Å². The molecule has 0 bridgehead atoms. The van der Waals surface area contributed by atoms with Gasteiger partial charge < -0.3 is 10.4 Å². The van der Waals surface area contributed by atoms with Crippen LogP contribution < -0.4 is 11.0 Å². The smallest absolute Gasteiger partial charge is 0.329 e. The number of rotatable bonds is 1. The number of aromatic nitrogens is 2. The number of phenolic OH excluding ortho intramolecular Hbond substituents is 1. The zero-order valence-corrected chi connectivity index (χ0v) is 9.68. The highest BCUT2D eigenvalue weighted by Crippen LogP contribution is 2.23. The highest BCUT2D eigenvalue weighted by molar-refractivity contribution is 5.77. The Morgan fingerprint density at radius 3 is 2.94 bits per heavy atom. The number of aryl methyl sites for hydroxylation is 1. The fraction of sp³-hybridized carbons (Fsp3) is 0.417. The highest BCUT2D eigenvalue weighted by Gasteiger charge is 2.22. The Hall–Kier alpha value is -1.75. The molecule has 1 aliphatic rings. The molecule has 0 amide bonds. The van der Waals surface area contributed by atoms with E-state index in [2.05, 4.69) is 5.32 Å². The summed E-state index contributed by atoms with van der Waals surface area (Å²) in [6.07, 6.45) is 0.972. The minimum absolute atomic E-state index is 0.0145. The summed E-state index contributed by atoms with van der Waals surface area (Å²) in [6.45, 7) is 1.78. The summed E-state index contributed by atoms with van der Waals surface area (Å²) in [5.41, 5.74) is 1.66. The van der Waals surface area contributed by atoms with E-state index in [9.17, 15) is 9.90 Å². The van der Waals surface area contributed by atoms with E-state index in [-0.39, 0.29) is 17.5 Å².